The molecular formula is C8H22ClO4PSi2. The molecule has 0 saturated heterocycles. The average Bonchev–Trinajstić information content (AvgIpc) is 2.13. The number of phosphoric acid groups is 1. The van der Waals surface area contributed by atoms with Crippen LogP contribution < -0.4 is 0 Å². The van der Waals surface area contributed by atoms with Gasteiger partial charge in [0.15, 0.2) is 0 Å². The molecule has 0 unspecified atom stereocenters. The van der Waals surface area contributed by atoms with Gasteiger partial charge < -0.3 is 4.21 Å². The Bertz CT molecular complexity index is 259. The van der Waals surface area contributed by atoms with E-state index in [2.05, 4.69) is 13.1 Å². The number of rotatable bonds is 7. The lowest BCUT2D eigenvalue weighted by Gasteiger charge is -2.27. The number of hydrogen-bond donors (Lipinski definition) is 0. The van der Waals surface area contributed by atoms with Crippen LogP contribution in [0.5, 0.6) is 0 Å². The maximum Gasteiger partial charge on any atom is 0.464 e. The third-order valence-corrected chi connectivity index (χ3v) is 9.85. The zero-order valence-electron chi connectivity index (χ0n) is 10.9. The lowest BCUT2D eigenvalue weighted by atomic mass is 10.9. The Labute approximate surface area is 105 Å². The number of phosphoric ester groups is 1. The van der Waals surface area contributed by atoms with Gasteiger partial charge in [0.1, 0.15) is 7.38 Å². The van der Waals surface area contributed by atoms with Crippen molar-refractivity contribution in [2.75, 3.05) is 14.2 Å². The minimum absolute atomic E-state index is 0.867. The van der Waals surface area contributed by atoms with Crippen LogP contribution >= 0.6 is 18.9 Å². The van der Waals surface area contributed by atoms with Crippen LogP contribution in [-0.4, -0.2) is 29.9 Å². The molecule has 0 radical (unpaired) electrons. The van der Waals surface area contributed by atoms with E-state index in [1.165, 1.54) is 14.2 Å². The van der Waals surface area contributed by atoms with Crippen LogP contribution in [0.1, 0.15) is 0 Å². The van der Waals surface area contributed by atoms with Gasteiger partial charge in [0.2, 0.25) is 8.32 Å². The van der Waals surface area contributed by atoms with Crippen molar-refractivity contribution in [1.82, 2.24) is 0 Å². The van der Waals surface area contributed by atoms with Crippen LogP contribution in [0.4, 0.5) is 0 Å². The van der Waals surface area contributed by atoms with Crippen LogP contribution in [-0.2, 0) is 17.8 Å². The van der Waals surface area contributed by atoms with E-state index in [4.69, 9.17) is 24.3 Å². The molecule has 0 aliphatic carbocycles. The third-order valence-electron chi connectivity index (χ3n) is 2.13. The van der Waals surface area contributed by atoms with Crippen molar-refractivity contribution < 1.29 is 17.8 Å². The van der Waals surface area contributed by atoms with E-state index in [1.807, 2.05) is 13.1 Å². The van der Waals surface area contributed by atoms with Gasteiger partial charge in [-0.2, -0.15) is 11.1 Å². The van der Waals surface area contributed by atoms with E-state index >= 15 is 0 Å². The fraction of sp³-hybridized carbons (Fsp3) is 1.00. The van der Waals surface area contributed by atoms with Gasteiger partial charge in [0.05, 0.1) is 0 Å². The minimum Gasteiger partial charge on any atom is -0.330 e. The molecule has 0 aromatic heterocycles. The molecule has 0 aromatic rings. The van der Waals surface area contributed by atoms with Crippen LogP contribution in [0, 0.1) is 0 Å². The Balaban J connectivity index is 4.40. The summed E-state index contributed by atoms with van der Waals surface area (Å²) in [5.41, 5.74) is 0. The highest BCUT2D eigenvalue weighted by atomic mass is 35.6. The Morgan fingerprint density at radius 1 is 1.06 bits per heavy atom. The van der Waals surface area contributed by atoms with Gasteiger partial charge in [0, 0.05) is 14.2 Å². The fourth-order valence-corrected chi connectivity index (χ4v) is 10.3. The highest BCUT2D eigenvalue weighted by Gasteiger charge is 2.36. The van der Waals surface area contributed by atoms with Crippen molar-refractivity contribution in [1.29, 1.82) is 0 Å². The van der Waals surface area contributed by atoms with Crippen molar-refractivity contribution in [2.45, 2.75) is 38.3 Å². The number of halogens is 1. The predicted molar refractivity (Wildman–Crippen MR) is 73.1 cm³/mol. The average molecular weight is 305 g/mol. The van der Waals surface area contributed by atoms with Gasteiger partial charge >= 0.3 is 7.82 Å². The van der Waals surface area contributed by atoms with Crippen LogP contribution in [0.25, 0.3) is 0 Å². The second kappa shape index (κ2) is 6.13. The first kappa shape index (κ1) is 16.8. The van der Waals surface area contributed by atoms with E-state index in [1.54, 1.807) is 0 Å². The Morgan fingerprint density at radius 2 is 1.50 bits per heavy atom. The third kappa shape index (κ3) is 7.22. The maximum atomic E-state index is 11.8. The minimum atomic E-state index is -3.35. The summed E-state index contributed by atoms with van der Waals surface area (Å²) in [6, 6.07) is 1.81. The van der Waals surface area contributed by atoms with Crippen molar-refractivity contribution in [3.05, 3.63) is 0 Å². The summed E-state index contributed by atoms with van der Waals surface area (Å²) in [4.78, 5) is 0. The molecule has 98 valence electrons. The molecule has 0 aromatic carbocycles. The Morgan fingerprint density at radius 3 is 1.81 bits per heavy atom. The zero-order valence-corrected chi connectivity index (χ0v) is 14.5. The summed E-state index contributed by atoms with van der Waals surface area (Å²) in [6.07, 6.45) is 0. The summed E-state index contributed by atoms with van der Waals surface area (Å²) in [7, 11) is -4.35. The standard InChI is InChI=1S/C8H22ClO4PSi2/c1-11-14(10,12-2)13-16(5,6)8-7-15(3,4)9/h7-8H2,1-6H3. The quantitative estimate of drug-likeness (QED) is 0.404. The molecule has 0 amide bonds. The molecule has 0 fully saturated rings. The lowest BCUT2D eigenvalue weighted by molar-refractivity contribution is 0.208. The summed E-state index contributed by atoms with van der Waals surface area (Å²) in [6.45, 7) is 8.17. The molecule has 0 aliphatic rings. The molecular weight excluding hydrogens is 283 g/mol. The first-order chi connectivity index (χ1) is 7.04. The van der Waals surface area contributed by atoms with E-state index in [0.717, 1.165) is 12.1 Å². The summed E-state index contributed by atoms with van der Waals surface area (Å²) in [5, 5.41) is 0. The van der Waals surface area contributed by atoms with Crippen LogP contribution in [0.3, 0.4) is 0 Å². The van der Waals surface area contributed by atoms with Gasteiger partial charge in [-0.3, -0.25) is 9.05 Å². The van der Waals surface area contributed by atoms with Gasteiger partial charge in [-0.25, -0.2) is 4.57 Å². The monoisotopic (exact) mass is 304 g/mol. The van der Waals surface area contributed by atoms with Crippen molar-refractivity contribution >= 4 is 34.6 Å². The highest BCUT2D eigenvalue weighted by Crippen LogP contribution is 2.51. The molecule has 0 aliphatic heterocycles. The van der Waals surface area contributed by atoms with Crippen molar-refractivity contribution in [3.63, 3.8) is 0 Å². The summed E-state index contributed by atoms with van der Waals surface area (Å²) < 4.78 is 26.9. The summed E-state index contributed by atoms with van der Waals surface area (Å²) in [5.74, 6) is 0. The van der Waals surface area contributed by atoms with E-state index < -0.39 is 23.5 Å². The molecule has 4 nitrogen and oxygen atoms in total. The molecule has 0 saturated carbocycles. The Kier molecular flexibility index (Phi) is 6.45. The van der Waals surface area contributed by atoms with Crippen LogP contribution in [0.15, 0.2) is 0 Å². The van der Waals surface area contributed by atoms with Crippen LogP contribution in [0.2, 0.25) is 38.3 Å². The first-order valence-electron chi connectivity index (χ1n) is 5.15. The van der Waals surface area contributed by atoms with E-state index in [9.17, 15) is 4.57 Å². The lowest BCUT2D eigenvalue weighted by Crippen LogP contribution is -2.32. The van der Waals surface area contributed by atoms with Gasteiger partial charge in [0.25, 0.3) is 0 Å². The van der Waals surface area contributed by atoms with Crippen molar-refractivity contribution in [3.8, 4) is 0 Å². The molecule has 0 heterocycles. The molecule has 0 atom stereocenters. The second-order valence-corrected chi connectivity index (χ2v) is 18.3. The topological polar surface area (TPSA) is 44.8 Å². The molecule has 0 bridgehead atoms. The van der Waals surface area contributed by atoms with Gasteiger partial charge in [-0.05, 0) is 25.2 Å². The normalized spacial score (nSPS) is 14.2. The smallest absolute Gasteiger partial charge is 0.330 e. The van der Waals surface area contributed by atoms with E-state index in [-0.39, 0.29) is 0 Å². The van der Waals surface area contributed by atoms with E-state index in [0.29, 0.717) is 0 Å². The molecule has 0 N–H and O–H groups in total. The fourth-order valence-electron chi connectivity index (χ4n) is 1.10. The molecule has 0 spiro atoms. The predicted octanol–water partition coefficient (Wildman–Crippen LogP) is 4.05. The van der Waals surface area contributed by atoms with Crippen molar-refractivity contribution in [2.24, 2.45) is 0 Å². The highest BCUT2D eigenvalue weighted by molar-refractivity contribution is 7.50. The molecule has 16 heavy (non-hydrogen) atoms. The van der Waals surface area contributed by atoms with Gasteiger partial charge in [-0.15, -0.1) is 0 Å². The zero-order chi connectivity index (χ0) is 13.0. The molecule has 8 heteroatoms. The number of hydrogen-bond acceptors (Lipinski definition) is 4. The first-order valence-corrected chi connectivity index (χ1v) is 13.9. The summed E-state index contributed by atoms with van der Waals surface area (Å²) >= 11 is 6.25. The molecule has 0 rings (SSSR count). The Hall–Kier alpha value is 0.834. The van der Waals surface area contributed by atoms with Gasteiger partial charge in [-0.1, -0.05) is 13.1 Å². The second-order valence-electron chi connectivity index (χ2n) is 4.88. The maximum absolute atomic E-state index is 11.8. The largest absolute Gasteiger partial charge is 0.464 e. The SMILES string of the molecule is COP(=O)(OC)O[Si](C)(C)CC[Si](C)(C)Cl.